The highest BCUT2D eigenvalue weighted by molar-refractivity contribution is 5.73. The lowest BCUT2D eigenvalue weighted by molar-refractivity contribution is -0.119. The molecule has 0 saturated carbocycles. The van der Waals surface area contributed by atoms with Crippen LogP contribution in [0.2, 0.25) is 0 Å². The quantitative estimate of drug-likeness (QED) is 0.0597. The van der Waals surface area contributed by atoms with Crippen molar-refractivity contribution >= 4 is 11.8 Å². The number of nitrogens with two attached hydrogens (primary N) is 2. The van der Waals surface area contributed by atoms with Gasteiger partial charge in [-0.2, -0.15) is 0 Å². The van der Waals surface area contributed by atoms with Gasteiger partial charge >= 0.3 is 0 Å². The molecule has 4 N–H and O–H groups in total. The zero-order valence-electron chi connectivity index (χ0n) is 41.9. The van der Waals surface area contributed by atoms with Crippen molar-refractivity contribution in [2.24, 2.45) is 11.5 Å². The summed E-state index contributed by atoms with van der Waals surface area (Å²) in [5.41, 5.74) is 10.4. The number of carbonyl (C=O) groups is 2. The molecule has 0 saturated heterocycles. The van der Waals surface area contributed by atoms with E-state index in [-0.39, 0.29) is 11.8 Å². The summed E-state index contributed by atoms with van der Waals surface area (Å²) >= 11 is 0. The molecule has 0 aromatic carbocycles. The predicted molar refractivity (Wildman–Crippen MR) is 272 cm³/mol. The first-order valence-electron chi connectivity index (χ1n) is 28.7. The fourth-order valence-electron chi connectivity index (χ4n) is 9.61. The van der Waals surface area contributed by atoms with Gasteiger partial charge in [0, 0.05) is 12.8 Å². The third-order valence-electron chi connectivity index (χ3n) is 13.8. The number of rotatable bonds is 56. The predicted octanol–water partition coefficient (Wildman–Crippen LogP) is 19.4. The van der Waals surface area contributed by atoms with Gasteiger partial charge in [0.15, 0.2) is 0 Å². The molecule has 0 radical (unpaired) electrons. The van der Waals surface area contributed by atoms with Crippen molar-refractivity contribution in [2.75, 3.05) is 0 Å². The molecule has 0 aliphatic heterocycles. The fourth-order valence-corrected chi connectivity index (χ4v) is 9.61. The molecule has 0 aromatic rings. The number of primary amides is 2. The molecule has 4 nitrogen and oxygen atoms in total. The lowest BCUT2D eigenvalue weighted by Gasteiger charge is -2.05. The maximum Gasteiger partial charge on any atom is 0.217 e. The lowest BCUT2D eigenvalue weighted by atomic mass is 10.0. The van der Waals surface area contributed by atoms with E-state index in [1.807, 2.05) is 0 Å². The highest BCUT2D eigenvalue weighted by atomic mass is 16.1. The van der Waals surface area contributed by atoms with Gasteiger partial charge in [0.2, 0.25) is 11.8 Å². The molecule has 0 bridgehead atoms. The Bertz CT molecular complexity index is 764. The summed E-state index contributed by atoms with van der Waals surface area (Å²) < 4.78 is 0. The Morgan fingerprint density at radius 1 is 0.148 bits per heavy atom. The maximum absolute atomic E-state index is 10.7. The molecular weight excluding hydrogens is 745 g/mol. The monoisotopic (exact) mass is 859 g/mol. The van der Waals surface area contributed by atoms with E-state index in [0.29, 0.717) is 12.8 Å². The van der Waals surface area contributed by atoms with Crippen molar-refractivity contribution in [3.63, 3.8) is 0 Å². The summed E-state index contributed by atoms with van der Waals surface area (Å²) in [7, 11) is 0. The second kappa shape index (κ2) is 55.1. The Hall–Kier alpha value is -1.06. The van der Waals surface area contributed by atoms with Crippen molar-refractivity contribution < 1.29 is 9.59 Å². The average molecular weight is 860 g/mol. The van der Waals surface area contributed by atoms with E-state index >= 15 is 0 Å². The molecule has 0 rings (SSSR count). The highest BCUT2D eigenvalue weighted by Gasteiger charge is 2.00. The Morgan fingerprint density at radius 2 is 0.213 bits per heavy atom. The molecule has 61 heavy (non-hydrogen) atoms. The van der Waals surface area contributed by atoms with E-state index in [1.165, 1.54) is 327 Å². The van der Waals surface area contributed by atoms with Crippen molar-refractivity contribution in [2.45, 2.75) is 353 Å². The standard InChI is InChI=1S/C57H114N2O2/c58-56(60)54-52-50-48-46-44-42-40-38-36-34-32-30-28-26-24-22-20-18-16-14-12-10-8-6-4-2-1-3-5-7-9-11-13-15-17-19-21-23-25-27-29-31-33-35-37-39-41-43-45-47-49-51-53-55-57(59)61/h1-55H2,(H2,58,60)(H2,59,61). The Kier molecular flexibility index (Phi) is 54.1. The van der Waals surface area contributed by atoms with Gasteiger partial charge in [-0.1, -0.05) is 327 Å². The fraction of sp³-hybridized carbons (Fsp3) is 0.965. The molecule has 364 valence electrons. The highest BCUT2D eigenvalue weighted by Crippen LogP contribution is 2.19. The minimum atomic E-state index is -0.148. The molecule has 0 unspecified atom stereocenters. The second-order valence-electron chi connectivity index (χ2n) is 20.2. The molecule has 0 aliphatic rings. The maximum atomic E-state index is 10.7. The van der Waals surface area contributed by atoms with Crippen LogP contribution in [0.4, 0.5) is 0 Å². The summed E-state index contributed by atoms with van der Waals surface area (Å²) in [6.07, 6.45) is 76.3. The minimum Gasteiger partial charge on any atom is -0.370 e. The van der Waals surface area contributed by atoms with E-state index < -0.39 is 0 Å². The number of carbonyl (C=O) groups excluding carboxylic acids is 2. The molecular formula is C57H114N2O2. The van der Waals surface area contributed by atoms with Gasteiger partial charge in [0.05, 0.1) is 0 Å². The minimum absolute atomic E-state index is 0.148. The van der Waals surface area contributed by atoms with E-state index in [2.05, 4.69) is 0 Å². The van der Waals surface area contributed by atoms with Gasteiger partial charge in [-0.3, -0.25) is 9.59 Å². The van der Waals surface area contributed by atoms with Gasteiger partial charge in [-0.25, -0.2) is 0 Å². The van der Waals surface area contributed by atoms with Crippen LogP contribution in [0.5, 0.6) is 0 Å². The molecule has 2 amide bonds. The summed E-state index contributed by atoms with van der Waals surface area (Å²) in [6, 6.07) is 0. The third kappa shape index (κ3) is 58.9. The number of hydrogen-bond acceptors (Lipinski definition) is 2. The Balaban J connectivity index is 3.07. The summed E-state index contributed by atoms with van der Waals surface area (Å²) in [4.78, 5) is 21.5. The summed E-state index contributed by atoms with van der Waals surface area (Å²) in [6.45, 7) is 0. The zero-order valence-corrected chi connectivity index (χ0v) is 41.9. The first-order valence-corrected chi connectivity index (χ1v) is 28.7. The normalized spacial score (nSPS) is 11.5. The van der Waals surface area contributed by atoms with Gasteiger partial charge in [-0.05, 0) is 12.8 Å². The van der Waals surface area contributed by atoms with Crippen molar-refractivity contribution in [1.82, 2.24) is 0 Å². The van der Waals surface area contributed by atoms with Crippen LogP contribution >= 0.6 is 0 Å². The summed E-state index contributed by atoms with van der Waals surface area (Å²) in [5, 5.41) is 0. The van der Waals surface area contributed by atoms with Crippen LogP contribution in [0.25, 0.3) is 0 Å². The molecule has 0 atom stereocenters. The van der Waals surface area contributed by atoms with Crippen LogP contribution < -0.4 is 11.5 Å². The molecule has 0 fully saturated rings. The van der Waals surface area contributed by atoms with E-state index in [4.69, 9.17) is 11.5 Å². The molecule has 0 spiro atoms. The van der Waals surface area contributed by atoms with Gasteiger partial charge in [0.1, 0.15) is 0 Å². The first-order chi connectivity index (χ1) is 30.1. The number of amides is 2. The topological polar surface area (TPSA) is 86.2 Å². The van der Waals surface area contributed by atoms with E-state index in [1.54, 1.807) is 0 Å². The number of hydrogen-bond donors (Lipinski definition) is 2. The van der Waals surface area contributed by atoms with Crippen LogP contribution in [-0.2, 0) is 9.59 Å². The van der Waals surface area contributed by atoms with E-state index in [0.717, 1.165) is 12.8 Å². The van der Waals surface area contributed by atoms with Gasteiger partial charge in [0.25, 0.3) is 0 Å². The van der Waals surface area contributed by atoms with Crippen LogP contribution in [0.1, 0.15) is 353 Å². The van der Waals surface area contributed by atoms with E-state index in [9.17, 15) is 9.59 Å². The van der Waals surface area contributed by atoms with Crippen LogP contribution in [0, 0.1) is 0 Å². The molecule has 4 heteroatoms. The smallest absolute Gasteiger partial charge is 0.217 e. The van der Waals surface area contributed by atoms with Crippen molar-refractivity contribution in [3.8, 4) is 0 Å². The van der Waals surface area contributed by atoms with Crippen molar-refractivity contribution in [1.29, 1.82) is 0 Å². The van der Waals surface area contributed by atoms with Crippen LogP contribution in [0.15, 0.2) is 0 Å². The first kappa shape index (κ1) is 59.9. The molecule has 0 aliphatic carbocycles. The molecule has 0 aromatic heterocycles. The average Bonchev–Trinajstić information content (AvgIpc) is 3.24. The Labute approximate surface area is 384 Å². The third-order valence-corrected chi connectivity index (χ3v) is 13.8. The zero-order chi connectivity index (χ0) is 44.0. The lowest BCUT2D eigenvalue weighted by Crippen LogP contribution is -2.09. The second-order valence-corrected chi connectivity index (χ2v) is 20.2. The van der Waals surface area contributed by atoms with Crippen molar-refractivity contribution in [3.05, 3.63) is 0 Å². The Morgan fingerprint density at radius 3 is 0.279 bits per heavy atom. The van der Waals surface area contributed by atoms with Gasteiger partial charge in [-0.15, -0.1) is 0 Å². The largest absolute Gasteiger partial charge is 0.370 e. The molecule has 0 heterocycles. The number of unbranched alkanes of at least 4 members (excludes halogenated alkanes) is 52. The van der Waals surface area contributed by atoms with Gasteiger partial charge < -0.3 is 11.5 Å². The SMILES string of the molecule is NC(=O)CCCCCCCCCCCCCCCCCCCCCCCCCCCCCCCCCCCCCCCCCCCCCCCCCCCCCCCC(N)=O. The van der Waals surface area contributed by atoms with Crippen LogP contribution in [0.3, 0.4) is 0 Å². The summed E-state index contributed by atoms with van der Waals surface area (Å²) in [5.74, 6) is -0.295. The van der Waals surface area contributed by atoms with Crippen LogP contribution in [-0.4, -0.2) is 11.8 Å².